The molecule has 3 atom stereocenters. The molecule has 184 valence electrons. The van der Waals surface area contributed by atoms with Crippen LogP contribution in [-0.2, 0) is 25.4 Å². The van der Waals surface area contributed by atoms with E-state index in [2.05, 4.69) is 10.1 Å². The number of aliphatic hydroxyl groups excluding tert-OH is 1. The van der Waals surface area contributed by atoms with Crippen LogP contribution < -0.4 is 10.1 Å². The van der Waals surface area contributed by atoms with Crippen LogP contribution in [0, 0.1) is 10.1 Å². The first-order valence-electron chi connectivity index (χ1n) is 9.96. The average molecular weight is 496 g/mol. The molecule has 2 unspecified atom stereocenters. The lowest BCUT2D eigenvalue weighted by molar-refractivity contribution is -0.385. The van der Waals surface area contributed by atoms with E-state index in [1.54, 1.807) is 30.3 Å². The zero-order valence-electron chi connectivity index (χ0n) is 18.4. The summed E-state index contributed by atoms with van der Waals surface area (Å²) in [5.41, 5.74) is 0.0429. The van der Waals surface area contributed by atoms with E-state index in [0.29, 0.717) is 5.56 Å². The van der Waals surface area contributed by atoms with Crippen molar-refractivity contribution in [2.45, 2.75) is 24.9 Å². The summed E-state index contributed by atoms with van der Waals surface area (Å²) in [5.74, 6) is -2.94. The van der Waals surface area contributed by atoms with Crippen LogP contribution in [0.5, 0.6) is 5.75 Å². The number of methoxy groups -OCH3 is 2. The number of amides is 1. The van der Waals surface area contributed by atoms with Gasteiger partial charge in [0.25, 0.3) is 0 Å². The van der Waals surface area contributed by atoms with E-state index < -0.39 is 48.1 Å². The number of nitrogens with zero attached hydrogens (tertiary/aromatic N) is 1. The Hall–Kier alpha value is -3.47. The standard InChI is InChI=1S/C21H25N2O10P/c1-31-18-9-8-15(12-17(18)23(27)28)20(25)34(29,30)11-10-16(19(24)32-2)22-21(26)33-13-14-6-4-3-5-7-14/h3-9,12,16,20,25H,10-11,13H2,1-2H3,(H,22,26)(H,29,30)/t16-,20?/m0/s1. The number of nitrogens with one attached hydrogen (secondary N) is 1. The second kappa shape index (κ2) is 12.1. The van der Waals surface area contributed by atoms with E-state index in [4.69, 9.17) is 9.47 Å². The first-order valence-corrected chi connectivity index (χ1v) is 11.9. The van der Waals surface area contributed by atoms with Crippen molar-refractivity contribution in [2.75, 3.05) is 20.4 Å². The Morgan fingerprint density at radius 1 is 1.18 bits per heavy atom. The molecule has 34 heavy (non-hydrogen) atoms. The van der Waals surface area contributed by atoms with Crippen LogP contribution in [-0.4, -0.2) is 53.4 Å². The van der Waals surface area contributed by atoms with Gasteiger partial charge in [-0.25, -0.2) is 9.59 Å². The second-order valence-corrected chi connectivity index (χ2v) is 9.56. The number of ether oxygens (including phenoxy) is 3. The van der Waals surface area contributed by atoms with Crippen LogP contribution in [0.2, 0.25) is 0 Å². The minimum atomic E-state index is -4.40. The summed E-state index contributed by atoms with van der Waals surface area (Å²) in [6.45, 7) is -0.0615. The van der Waals surface area contributed by atoms with Crippen molar-refractivity contribution in [3.05, 3.63) is 69.8 Å². The van der Waals surface area contributed by atoms with Gasteiger partial charge in [0.1, 0.15) is 12.6 Å². The van der Waals surface area contributed by atoms with Gasteiger partial charge in [-0.2, -0.15) is 0 Å². The van der Waals surface area contributed by atoms with E-state index in [1.807, 2.05) is 0 Å². The van der Waals surface area contributed by atoms with Crippen LogP contribution in [0.1, 0.15) is 23.4 Å². The molecule has 13 heteroatoms. The molecule has 0 fully saturated rings. The Kier molecular flexibility index (Phi) is 9.55. The summed E-state index contributed by atoms with van der Waals surface area (Å²) in [4.78, 5) is 45.0. The molecular weight excluding hydrogens is 471 g/mol. The maximum absolute atomic E-state index is 12.8. The Bertz CT molecular complexity index is 1060. The van der Waals surface area contributed by atoms with E-state index in [1.165, 1.54) is 19.2 Å². The van der Waals surface area contributed by atoms with Crippen LogP contribution in [0.25, 0.3) is 0 Å². The van der Waals surface area contributed by atoms with Gasteiger partial charge in [0, 0.05) is 12.2 Å². The maximum atomic E-state index is 12.8. The summed E-state index contributed by atoms with van der Waals surface area (Å²) in [7, 11) is -2.10. The van der Waals surface area contributed by atoms with Crippen molar-refractivity contribution in [1.29, 1.82) is 0 Å². The number of carbonyl (C=O) groups is 2. The minimum Gasteiger partial charge on any atom is -0.490 e. The molecule has 0 saturated heterocycles. The molecule has 0 radical (unpaired) electrons. The van der Waals surface area contributed by atoms with E-state index in [9.17, 15) is 34.3 Å². The van der Waals surface area contributed by atoms with Gasteiger partial charge in [0.05, 0.1) is 19.1 Å². The monoisotopic (exact) mass is 496 g/mol. The predicted octanol–water partition coefficient (Wildman–Crippen LogP) is 2.72. The molecule has 0 spiro atoms. The quantitative estimate of drug-likeness (QED) is 0.182. The van der Waals surface area contributed by atoms with Crippen LogP contribution in [0.3, 0.4) is 0 Å². The van der Waals surface area contributed by atoms with Gasteiger partial charge < -0.3 is 29.5 Å². The third-order valence-corrected chi connectivity index (χ3v) is 6.77. The normalized spacial score (nSPS) is 14.2. The molecule has 0 aliphatic carbocycles. The van der Waals surface area contributed by atoms with Crippen molar-refractivity contribution < 1.29 is 43.3 Å². The largest absolute Gasteiger partial charge is 0.490 e. The molecule has 0 bridgehead atoms. The lowest BCUT2D eigenvalue weighted by Crippen LogP contribution is -2.42. The summed E-state index contributed by atoms with van der Waals surface area (Å²) in [6.07, 6.45) is -1.92. The highest BCUT2D eigenvalue weighted by Gasteiger charge is 2.34. The van der Waals surface area contributed by atoms with Crippen molar-refractivity contribution in [3.8, 4) is 5.75 Å². The number of hydrogen-bond acceptors (Lipinski definition) is 9. The average Bonchev–Trinajstić information content (AvgIpc) is 2.84. The minimum absolute atomic E-state index is 0.0615. The van der Waals surface area contributed by atoms with Crippen LogP contribution in [0.4, 0.5) is 10.5 Å². The summed E-state index contributed by atoms with van der Waals surface area (Å²) >= 11 is 0. The maximum Gasteiger partial charge on any atom is 0.408 e. The van der Waals surface area contributed by atoms with Crippen LogP contribution >= 0.6 is 7.37 Å². The third-order valence-electron chi connectivity index (χ3n) is 4.81. The number of benzene rings is 2. The molecule has 2 aromatic carbocycles. The molecule has 0 aliphatic rings. The Morgan fingerprint density at radius 3 is 2.44 bits per heavy atom. The molecule has 2 aromatic rings. The topological polar surface area (TPSA) is 175 Å². The Balaban J connectivity index is 2.06. The third kappa shape index (κ3) is 7.27. The first kappa shape index (κ1) is 26.8. The lowest BCUT2D eigenvalue weighted by Gasteiger charge is -2.21. The Labute approximate surface area is 195 Å². The fourth-order valence-corrected chi connectivity index (χ4v) is 4.48. The fourth-order valence-electron chi connectivity index (χ4n) is 2.98. The van der Waals surface area contributed by atoms with Gasteiger partial charge in [-0.15, -0.1) is 0 Å². The van der Waals surface area contributed by atoms with Crippen molar-refractivity contribution in [2.24, 2.45) is 0 Å². The Morgan fingerprint density at radius 2 is 1.85 bits per heavy atom. The van der Waals surface area contributed by atoms with Gasteiger partial charge in [-0.3, -0.25) is 14.7 Å². The van der Waals surface area contributed by atoms with Crippen molar-refractivity contribution in [1.82, 2.24) is 5.32 Å². The number of hydrogen-bond donors (Lipinski definition) is 3. The fraction of sp³-hybridized carbons (Fsp3) is 0.333. The number of nitro benzene ring substituents is 1. The molecule has 0 saturated carbocycles. The molecule has 12 nitrogen and oxygen atoms in total. The second-order valence-electron chi connectivity index (χ2n) is 7.11. The van der Waals surface area contributed by atoms with E-state index in [-0.39, 0.29) is 24.3 Å². The number of aliphatic hydroxyl groups is 1. The zero-order valence-corrected chi connectivity index (χ0v) is 19.3. The van der Waals surface area contributed by atoms with Crippen molar-refractivity contribution >= 4 is 25.1 Å². The summed E-state index contributed by atoms with van der Waals surface area (Å²) < 4.78 is 27.3. The van der Waals surface area contributed by atoms with Gasteiger partial charge in [-0.05, 0) is 23.6 Å². The molecular formula is C21H25N2O10P. The number of esters is 1. The van der Waals surface area contributed by atoms with Gasteiger partial charge >= 0.3 is 17.7 Å². The molecule has 0 heterocycles. The highest BCUT2D eigenvalue weighted by Crippen LogP contribution is 2.55. The number of alkyl carbamates (subject to hydrolysis) is 1. The highest BCUT2D eigenvalue weighted by atomic mass is 31.2. The number of rotatable bonds is 11. The first-order chi connectivity index (χ1) is 16.1. The zero-order chi connectivity index (χ0) is 25.3. The summed E-state index contributed by atoms with van der Waals surface area (Å²) in [5, 5.41) is 23.9. The lowest BCUT2D eigenvalue weighted by atomic mass is 10.2. The molecule has 0 aliphatic heterocycles. The van der Waals surface area contributed by atoms with Gasteiger partial charge in [-0.1, -0.05) is 36.4 Å². The molecule has 1 amide bonds. The number of nitro groups is 1. The molecule has 3 N–H and O–H groups in total. The van der Waals surface area contributed by atoms with E-state index >= 15 is 0 Å². The van der Waals surface area contributed by atoms with Gasteiger partial charge in [0.15, 0.2) is 11.6 Å². The van der Waals surface area contributed by atoms with Crippen LogP contribution in [0.15, 0.2) is 48.5 Å². The molecule has 2 rings (SSSR count). The van der Waals surface area contributed by atoms with Crippen molar-refractivity contribution in [3.63, 3.8) is 0 Å². The predicted molar refractivity (Wildman–Crippen MR) is 119 cm³/mol. The summed E-state index contributed by atoms with van der Waals surface area (Å²) in [6, 6.07) is 10.8. The van der Waals surface area contributed by atoms with Gasteiger partial charge in [0.2, 0.25) is 7.37 Å². The molecule has 0 aromatic heterocycles. The van der Waals surface area contributed by atoms with E-state index in [0.717, 1.165) is 13.2 Å². The number of carbonyl (C=O) groups excluding carboxylic acids is 2. The highest BCUT2D eigenvalue weighted by molar-refractivity contribution is 7.58. The smallest absolute Gasteiger partial charge is 0.408 e. The SMILES string of the molecule is COC(=O)[C@H](CCP(=O)(O)C(O)c1ccc(OC)c([N+](=O)[O-])c1)NC(=O)OCc1ccccc1.